The molecule has 0 aliphatic rings. The number of carbonyl (C=O) groups excluding carboxylic acids is 1. The van der Waals surface area contributed by atoms with Crippen LogP contribution in [-0.4, -0.2) is 40.4 Å². The van der Waals surface area contributed by atoms with Gasteiger partial charge in [-0.15, -0.1) is 0 Å². The Hall–Kier alpha value is -0.693. The largest absolute Gasteiger partial charge is 0.497 e. The van der Waals surface area contributed by atoms with E-state index in [9.17, 15) is 9.59 Å². The molecule has 0 saturated heterocycles. The van der Waals surface area contributed by atoms with Crippen molar-refractivity contribution >= 4 is 14.8 Å². The lowest BCUT2D eigenvalue weighted by atomic mass is 10.4. The molecule has 0 aliphatic carbocycles. The van der Waals surface area contributed by atoms with E-state index in [-0.39, 0.29) is 6.61 Å². The fourth-order valence-electron chi connectivity index (χ4n) is 0.871. The Morgan fingerprint density at radius 3 is 2.33 bits per heavy atom. The van der Waals surface area contributed by atoms with Crippen molar-refractivity contribution < 1.29 is 23.2 Å². The van der Waals surface area contributed by atoms with Crippen LogP contribution in [0, 0.1) is 0 Å². The first-order chi connectivity index (χ1) is 6.95. The van der Waals surface area contributed by atoms with E-state index in [0.29, 0.717) is 18.0 Å². The lowest BCUT2D eigenvalue weighted by Crippen LogP contribution is -2.40. The number of ether oxygens (including phenoxy) is 1. The summed E-state index contributed by atoms with van der Waals surface area (Å²) in [6, 6.07) is 0.365. The Kier molecular flexibility index (Phi) is 6.42. The van der Waals surface area contributed by atoms with E-state index in [4.69, 9.17) is 13.6 Å². The summed E-state index contributed by atoms with van der Waals surface area (Å²) in [6.45, 7) is 5.26. The van der Waals surface area contributed by atoms with E-state index in [1.54, 1.807) is 6.92 Å². The third-order valence-corrected chi connectivity index (χ3v) is 4.12. The molecule has 0 aromatic heterocycles. The summed E-state index contributed by atoms with van der Waals surface area (Å²) in [6.07, 6.45) is 0.503. The molecule has 0 rings (SSSR count). The van der Waals surface area contributed by atoms with E-state index in [1.165, 1.54) is 14.2 Å². The molecule has 1 N–H and O–H groups in total. The maximum Gasteiger partial charge on any atom is 0.497 e. The van der Waals surface area contributed by atoms with Crippen molar-refractivity contribution in [2.45, 2.75) is 19.4 Å². The number of rotatable bonds is 7. The van der Waals surface area contributed by atoms with E-state index >= 15 is 0 Å². The van der Waals surface area contributed by atoms with Crippen molar-refractivity contribution in [1.82, 2.24) is 0 Å². The summed E-state index contributed by atoms with van der Waals surface area (Å²) < 4.78 is 14.6. The molecule has 6 heteroatoms. The highest BCUT2D eigenvalue weighted by Gasteiger charge is 2.33. The highest BCUT2D eigenvalue weighted by molar-refractivity contribution is 6.59. The fourth-order valence-corrected chi connectivity index (χ4v) is 2.04. The Labute approximate surface area is 91.0 Å². The summed E-state index contributed by atoms with van der Waals surface area (Å²) in [5.74, 6) is -0.421. The third-order valence-electron chi connectivity index (χ3n) is 1.86. The normalized spacial score (nSPS) is 11.2. The minimum absolute atomic E-state index is 0.230. The summed E-state index contributed by atoms with van der Waals surface area (Å²) in [5.41, 5.74) is 0.362. The van der Waals surface area contributed by atoms with E-state index in [0.717, 1.165) is 0 Å². The van der Waals surface area contributed by atoms with Crippen molar-refractivity contribution in [2.24, 2.45) is 0 Å². The van der Waals surface area contributed by atoms with Crippen LogP contribution in [0.5, 0.6) is 0 Å². The van der Waals surface area contributed by atoms with Gasteiger partial charge in [-0.2, -0.15) is 0 Å². The molecule has 0 spiro atoms. The fraction of sp³-hybridized carbons (Fsp3) is 0.667. The van der Waals surface area contributed by atoms with Crippen LogP contribution in [0.3, 0.4) is 0 Å². The zero-order valence-corrected chi connectivity index (χ0v) is 10.4. The first-order valence-corrected chi connectivity index (χ1v) is 6.57. The van der Waals surface area contributed by atoms with Gasteiger partial charge in [0.25, 0.3) is 0 Å². The SMILES string of the molecule is C=C(C)C(=O)OCCC[Si](O)(OC)OC. The van der Waals surface area contributed by atoms with Gasteiger partial charge in [0.1, 0.15) is 0 Å². The van der Waals surface area contributed by atoms with Crippen LogP contribution in [0.4, 0.5) is 0 Å². The highest BCUT2D eigenvalue weighted by atomic mass is 28.4. The minimum Gasteiger partial charge on any atom is -0.462 e. The summed E-state index contributed by atoms with van der Waals surface area (Å²) in [4.78, 5) is 20.6. The first-order valence-electron chi connectivity index (χ1n) is 4.60. The van der Waals surface area contributed by atoms with E-state index in [1.807, 2.05) is 0 Å². The van der Waals surface area contributed by atoms with Crippen LogP contribution in [0.1, 0.15) is 13.3 Å². The van der Waals surface area contributed by atoms with Crippen molar-refractivity contribution in [3.05, 3.63) is 12.2 Å². The number of carbonyl (C=O) groups is 1. The molecule has 88 valence electrons. The second-order valence-electron chi connectivity index (χ2n) is 3.14. The van der Waals surface area contributed by atoms with Gasteiger partial charge in [0.05, 0.1) is 6.61 Å². The van der Waals surface area contributed by atoms with Crippen molar-refractivity contribution in [3.63, 3.8) is 0 Å². The van der Waals surface area contributed by atoms with Crippen molar-refractivity contribution in [3.8, 4) is 0 Å². The van der Waals surface area contributed by atoms with Gasteiger partial charge in [0, 0.05) is 25.8 Å². The first kappa shape index (κ1) is 14.3. The Balaban J connectivity index is 3.71. The molecule has 0 saturated carbocycles. The van der Waals surface area contributed by atoms with E-state index < -0.39 is 14.8 Å². The standard InChI is InChI=1S/C9H18O5Si/c1-8(2)9(10)14-6-5-7-15(11,12-3)13-4/h11H,1,5-7H2,2-4H3. The summed E-state index contributed by atoms with van der Waals surface area (Å²) in [7, 11) is -0.213. The van der Waals surface area contributed by atoms with Gasteiger partial charge in [0.2, 0.25) is 0 Å². The lowest BCUT2D eigenvalue weighted by Gasteiger charge is -2.19. The maximum absolute atomic E-state index is 11.0. The molecule has 0 aromatic rings. The smallest absolute Gasteiger partial charge is 0.462 e. The second kappa shape index (κ2) is 6.73. The predicted molar refractivity (Wildman–Crippen MR) is 57.2 cm³/mol. The van der Waals surface area contributed by atoms with Gasteiger partial charge in [-0.05, 0) is 13.3 Å². The Morgan fingerprint density at radius 2 is 1.93 bits per heavy atom. The molecule has 15 heavy (non-hydrogen) atoms. The predicted octanol–water partition coefficient (Wildman–Crippen LogP) is 0.720. The van der Waals surface area contributed by atoms with Gasteiger partial charge < -0.3 is 18.4 Å². The van der Waals surface area contributed by atoms with Gasteiger partial charge in [0.15, 0.2) is 0 Å². The van der Waals surface area contributed by atoms with Crippen LogP contribution >= 0.6 is 0 Å². The lowest BCUT2D eigenvalue weighted by molar-refractivity contribution is -0.139. The highest BCUT2D eigenvalue weighted by Crippen LogP contribution is 2.10. The monoisotopic (exact) mass is 234 g/mol. The molecule has 0 atom stereocenters. The van der Waals surface area contributed by atoms with Crippen LogP contribution in [0.15, 0.2) is 12.2 Å². The molecule has 0 aromatic carbocycles. The van der Waals surface area contributed by atoms with Crippen molar-refractivity contribution in [1.29, 1.82) is 0 Å². The Morgan fingerprint density at radius 1 is 1.40 bits per heavy atom. The van der Waals surface area contributed by atoms with Crippen LogP contribution in [-0.2, 0) is 18.4 Å². The van der Waals surface area contributed by atoms with Gasteiger partial charge in [-0.3, -0.25) is 0 Å². The zero-order valence-electron chi connectivity index (χ0n) is 9.41. The molecular formula is C9H18O5Si. The molecule has 5 nitrogen and oxygen atoms in total. The zero-order chi connectivity index (χ0) is 11.9. The maximum atomic E-state index is 11.0. The van der Waals surface area contributed by atoms with Gasteiger partial charge in [-0.1, -0.05) is 6.58 Å². The number of hydrogen-bond donors (Lipinski definition) is 1. The summed E-state index contributed by atoms with van der Waals surface area (Å²) >= 11 is 0. The second-order valence-corrected chi connectivity index (χ2v) is 5.88. The van der Waals surface area contributed by atoms with Crippen molar-refractivity contribution in [2.75, 3.05) is 20.8 Å². The van der Waals surface area contributed by atoms with E-state index in [2.05, 4.69) is 6.58 Å². The molecule has 0 unspecified atom stereocenters. The topological polar surface area (TPSA) is 65.0 Å². The molecule has 0 fully saturated rings. The molecular weight excluding hydrogens is 216 g/mol. The van der Waals surface area contributed by atoms with Crippen LogP contribution in [0.2, 0.25) is 6.04 Å². The van der Waals surface area contributed by atoms with Crippen LogP contribution in [0.25, 0.3) is 0 Å². The average molecular weight is 234 g/mol. The molecule has 0 radical (unpaired) electrons. The number of hydrogen-bond acceptors (Lipinski definition) is 5. The quantitative estimate of drug-likeness (QED) is 0.304. The molecule has 0 heterocycles. The molecule has 0 aliphatic heterocycles. The minimum atomic E-state index is -3.01. The Bertz CT molecular complexity index is 225. The van der Waals surface area contributed by atoms with Gasteiger partial charge >= 0.3 is 14.8 Å². The van der Waals surface area contributed by atoms with Crippen LogP contribution < -0.4 is 0 Å². The summed E-state index contributed by atoms with van der Waals surface area (Å²) in [5, 5.41) is 0. The van der Waals surface area contributed by atoms with Gasteiger partial charge in [-0.25, -0.2) is 4.79 Å². The molecule has 0 bridgehead atoms. The third kappa shape index (κ3) is 5.68. The average Bonchev–Trinajstić information content (AvgIpc) is 2.23. The molecule has 0 amide bonds. The number of esters is 1.